The van der Waals surface area contributed by atoms with E-state index in [1.165, 1.54) is 0 Å². The summed E-state index contributed by atoms with van der Waals surface area (Å²) in [5.41, 5.74) is 2.35. The zero-order valence-corrected chi connectivity index (χ0v) is 15.6. The molecule has 1 fully saturated rings. The molecule has 0 spiro atoms. The molecule has 6 nitrogen and oxygen atoms in total. The van der Waals surface area contributed by atoms with Crippen LogP contribution in [0.4, 0.5) is 0 Å². The van der Waals surface area contributed by atoms with Crippen LogP contribution in [0.1, 0.15) is 27.7 Å². The lowest BCUT2D eigenvalue weighted by atomic mass is 9.76. The Morgan fingerprint density at radius 2 is 1.88 bits per heavy atom. The van der Waals surface area contributed by atoms with Crippen LogP contribution in [-0.4, -0.2) is 49.4 Å². The smallest absolute Gasteiger partial charge is 0.408 e. The molecule has 0 amide bonds. The number of hydrogen-bond donors (Lipinski definition) is 0. The summed E-state index contributed by atoms with van der Waals surface area (Å²) in [6, 6.07) is 5.68. The van der Waals surface area contributed by atoms with Gasteiger partial charge in [-0.3, -0.25) is 4.57 Å². The van der Waals surface area contributed by atoms with Gasteiger partial charge < -0.3 is 18.6 Å². The second-order valence-electron chi connectivity index (χ2n) is 7.39. The molecule has 2 aromatic rings. The second-order valence-corrected chi connectivity index (χ2v) is 7.39. The molecule has 1 aromatic heterocycles. The molecule has 0 radical (unpaired) electrons. The maximum Gasteiger partial charge on any atom is 0.493 e. The van der Waals surface area contributed by atoms with E-state index in [9.17, 15) is 4.79 Å². The molecule has 3 rings (SSSR count). The minimum absolute atomic E-state index is 0.0299. The SMILES string of the molecule is CCN(CC)CCn1c(=O)oc2ccc(B3OCC(C)(C)CO3)cc21. The van der Waals surface area contributed by atoms with Crippen LogP contribution >= 0.6 is 0 Å². The average molecular weight is 346 g/mol. The van der Waals surface area contributed by atoms with Gasteiger partial charge in [0, 0.05) is 31.7 Å². The van der Waals surface area contributed by atoms with Crippen LogP contribution in [0.15, 0.2) is 27.4 Å². The third-order valence-corrected chi connectivity index (χ3v) is 4.75. The Morgan fingerprint density at radius 3 is 2.52 bits per heavy atom. The van der Waals surface area contributed by atoms with Crippen LogP contribution in [0.2, 0.25) is 0 Å². The standard InChI is InChI=1S/C18H27BN2O4/c1-5-20(6-2)9-10-21-15-11-14(7-8-16(15)25-17(21)22)19-23-12-18(3,4)13-24-19/h7-8,11H,5-6,9-10,12-13H2,1-4H3. The highest BCUT2D eigenvalue weighted by Gasteiger charge is 2.33. The van der Waals surface area contributed by atoms with Gasteiger partial charge in [-0.2, -0.15) is 0 Å². The molecule has 0 unspecified atom stereocenters. The zero-order valence-electron chi connectivity index (χ0n) is 15.6. The molecule has 25 heavy (non-hydrogen) atoms. The molecule has 0 saturated carbocycles. The fourth-order valence-corrected chi connectivity index (χ4v) is 3.10. The maximum atomic E-state index is 12.2. The Hall–Kier alpha value is -1.57. The van der Waals surface area contributed by atoms with Crippen molar-refractivity contribution in [2.24, 2.45) is 5.41 Å². The molecule has 0 bridgehead atoms. The van der Waals surface area contributed by atoms with Gasteiger partial charge in [-0.25, -0.2) is 4.79 Å². The molecule has 1 aromatic carbocycles. The van der Waals surface area contributed by atoms with Gasteiger partial charge in [0.2, 0.25) is 0 Å². The summed E-state index contributed by atoms with van der Waals surface area (Å²) in [6.45, 7) is 13.1. The van der Waals surface area contributed by atoms with Crippen molar-refractivity contribution in [3.63, 3.8) is 0 Å². The lowest BCUT2D eigenvalue weighted by Gasteiger charge is -2.33. The Kier molecular flexibility index (Phi) is 5.36. The lowest BCUT2D eigenvalue weighted by molar-refractivity contribution is 0.0343. The van der Waals surface area contributed by atoms with E-state index in [2.05, 4.69) is 32.6 Å². The molecule has 0 atom stereocenters. The van der Waals surface area contributed by atoms with Gasteiger partial charge in [0.25, 0.3) is 0 Å². The number of aromatic nitrogens is 1. The first kappa shape index (κ1) is 18.2. The number of oxazole rings is 1. The molecule has 0 aliphatic carbocycles. The van der Waals surface area contributed by atoms with Gasteiger partial charge in [-0.05, 0) is 30.7 Å². The molecule has 2 heterocycles. The number of rotatable bonds is 6. The first-order chi connectivity index (χ1) is 11.9. The van der Waals surface area contributed by atoms with Crippen molar-refractivity contribution >= 4 is 23.7 Å². The highest BCUT2D eigenvalue weighted by Crippen LogP contribution is 2.22. The second kappa shape index (κ2) is 7.36. The Labute approximate surface area is 148 Å². The molecule has 136 valence electrons. The van der Waals surface area contributed by atoms with Crippen molar-refractivity contribution in [3.05, 3.63) is 28.7 Å². The van der Waals surface area contributed by atoms with Crippen LogP contribution in [0, 0.1) is 5.41 Å². The Balaban J connectivity index is 1.84. The lowest BCUT2D eigenvalue weighted by Crippen LogP contribution is -2.47. The van der Waals surface area contributed by atoms with Crippen LogP contribution in [-0.2, 0) is 15.9 Å². The van der Waals surface area contributed by atoms with Gasteiger partial charge >= 0.3 is 12.9 Å². The molecule has 0 N–H and O–H groups in total. The van der Waals surface area contributed by atoms with E-state index in [0.717, 1.165) is 30.6 Å². The van der Waals surface area contributed by atoms with Gasteiger partial charge in [0.1, 0.15) is 0 Å². The van der Waals surface area contributed by atoms with E-state index >= 15 is 0 Å². The minimum Gasteiger partial charge on any atom is -0.408 e. The Bertz CT molecular complexity index is 769. The van der Waals surface area contributed by atoms with Gasteiger partial charge in [0.15, 0.2) is 5.58 Å². The van der Waals surface area contributed by atoms with E-state index in [-0.39, 0.29) is 11.2 Å². The van der Waals surface area contributed by atoms with Gasteiger partial charge in [0.05, 0.1) is 5.52 Å². The minimum atomic E-state index is -0.390. The van der Waals surface area contributed by atoms with Crippen molar-refractivity contribution in [1.82, 2.24) is 9.47 Å². The predicted molar refractivity (Wildman–Crippen MR) is 99.3 cm³/mol. The average Bonchev–Trinajstić information content (AvgIpc) is 2.90. The first-order valence-electron chi connectivity index (χ1n) is 9.02. The van der Waals surface area contributed by atoms with Gasteiger partial charge in [-0.1, -0.05) is 33.8 Å². The largest absolute Gasteiger partial charge is 0.493 e. The summed E-state index contributed by atoms with van der Waals surface area (Å²) in [5.74, 6) is -0.314. The molecular weight excluding hydrogens is 319 g/mol. The molecule has 1 saturated heterocycles. The third kappa shape index (κ3) is 3.99. The quantitative estimate of drug-likeness (QED) is 0.746. The van der Waals surface area contributed by atoms with E-state index in [0.29, 0.717) is 25.3 Å². The summed E-state index contributed by atoms with van der Waals surface area (Å²) in [4.78, 5) is 14.5. The fraction of sp³-hybridized carbons (Fsp3) is 0.611. The van der Waals surface area contributed by atoms with Crippen molar-refractivity contribution in [2.75, 3.05) is 32.8 Å². The van der Waals surface area contributed by atoms with Crippen molar-refractivity contribution in [3.8, 4) is 0 Å². The van der Waals surface area contributed by atoms with Crippen LogP contribution in [0.5, 0.6) is 0 Å². The molecule has 1 aliphatic heterocycles. The number of hydrogen-bond acceptors (Lipinski definition) is 5. The van der Waals surface area contributed by atoms with Crippen LogP contribution < -0.4 is 11.2 Å². The fourth-order valence-electron chi connectivity index (χ4n) is 3.10. The number of likely N-dealkylation sites (N-methyl/N-ethyl adjacent to an activating group) is 1. The summed E-state index contributed by atoms with van der Waals surface area (Å²) < 4.78 is 18.8. The normalized spacial score (nSPS) is 17.6. The van der Waals surface area contributed by atoms with Crippen molar-refractivity contribution in [1.29, 1.82) is 0 Å². The molecule has 7 heteroatoms. The topological polar surface area (TPSA) is 56.8 Å². The summed E-state index contributed by atoms with van der Waals surface area (Å²) >= 11 is 0. The van der Waals surface area contributed by atoms with E-state index in [4.69, 9.17) is 13.7 Å². The third-order valence-electron chi connectivity index (χ3n) is 4.75. The van der Waals surface area contributed by atoms with Gasteiger partial charge in [-0.15, -0.1) is 0 Å². The monoisotopic (exact) mass is 346 g/mol. The van der Waals surface area contributed by atoms with Crippen LogP contribution in [0.25, 0.3) is 11.1 Å². The molecule has 1 aliphatic rings. The van der Waals surface area contributed by atoms with Crippen molar-refractivity contribution in [2.45, 2.75) is 34.2 Å². The Morgan fingerprint density at radius 1 is 1.20 bits per heavy atom. The van der Waals surface area contributed by atoms with E-state index in [1.807, 2.05) is 18.2 Å². The summed E-state index contributed by atoms with van der Waals surface area (Å²) in [7, 11) is -0.390. The van der Waals surface area contributed by atoms with Crippen LogP contribution in [0.3, 0.4) is 0 Å². The molecular formula is C18H27BN2O4. The number of nitrogens with zero attached hydrogens (tertiary/aromatic N) is 2. The summed E-state index contributed by atoms with van der Waals surface area (Å²) in [6.07, 6.45) is 0. The van der Waals surface area contributed by atoms with E-state index in [1.54, 1.807) is 4.57 Å². The number of benzene rings is 1. The van der Waals surface area contributed by atoms with E-state index < -0.39 is 7.12 Å². The number of fused-ring (bicyclic) bond motifs is 1. The highest BCUT2D eigenvalue weighted by molar-refractivity contribution is 6.61. The predicted octanol–water partition coefficient (Wildman–Crippen LogP) is 1.70. The maximum absolute atomic E-state index is 12.2. The van der Waals surface area contributed by atoms with Crippen molar-refractivity contribution < 1.29 is 13.7 Å². The first-order valence-corrected chi connectivity index (χ1v) is 9.02. The summed E-state index contributed by atoms with van der Waals surface area (Å²) in [5, 5.41) is 0. The zero-order chi connectivity index (χ0) is 18.0. The highest BCUT2D eigenvalue weighted by atomic mass is 16.6.